The number of pyridine rings is 1. The highest BCUT2D eigenvalue weighted by molar-refractivity contribution is 7.22. The number of primary amides is 1. The van der Waals surface area contributed by atoms with Gasteiger partial charge in [-0.25, -0.2) is 9.78 Å². The number of rotatable bonds is 6. The second kappa shape index (κ2) is 9.39. The minimum atomic E-state index is -0.605. The molecule has 1 aliphatic rings. The molecule has 3 amide bonds. The molecular formula is C22H26N6O3S. The van der Waals surface area contributed by atoms with Crippen molar-refractivity contribution in [3.8, 4) is 11.5 Å². The van der Waals surface area contributed by atoms with Crippen LogP contribution in [0.4, 0.5) is 9.93 Å². The maximum Gasteiger partial charge on any atom is 0.317 e. The average Bonchev–Trinajstić information content (AvgIpc) is 3.15. The van der Waals surface area contributed by atoms with Crippen LogP contribution in [0.25, 0.3) is 10.2 Å². The molecule has 1 saturated heterocycles. The Morgan fingerprint density at radius 3 is 2.84 bits per heavy atom. The van der Waals surface area contributed by atoms with Crippen molar-refractivity contribution in [1.82, 2.24) is 20.2 Å². The van der Waals surface area contributed by atoms with E-state index in [0.717, 1.165) is 34.7 Å². The summed E-state index contributed by atoms with van der Waals surface area (Å²) in [6, 6.07) is 9.06. The number of benzene rings is 1. The Morgan fingerprint density at radius 2 is 2.06 bits per heavy atom. The minimum absolute atomic E-state index is 0.0202. The van der Waals surface area contributed by atoms with Crippen molar-refractivity contribution in [3.05, 3.63) is 42.2 Å². The monoisotopic (exact) mass is 454 g/mol. The van der Waals surface area contributed by atoms with E-state index in [2.05, 4.69) is 20.6 Å². The third-order valence-electron chi connectivity index (χ3n) is 5.03. The van der Waals surface area contributed by atoms with Crippen LogP contribution in [-0.2, 0) is 0 Å². The van der Waals surface area contributed by atoms with Crippen molar-refractivity contribution >= 4 is 38.6 Å². The third kappa shape index (κ3) is 5.25. The van der Waals surface area contributed by atoms with Gasteiger partial charge in [0.25, 0.3) is 5.91 Å². The first kappa shape index (κ1) is 21.8. The molecule has 1 atom stereocenters. The van der Waals surface area contributed by atoms with Gasteiger partial charge in [0.05, 0.1) is 10.2 Å². The van der Waals surface area contributed by atoms with Gasteiger partial charge in [0, 0.05) is 43.5 Å². The second-order valence-corrected chi connectivity index (χ2v) is 9.06. The predicted octanol–water partition coefficient (Wildman–Crippen LogP) is 3.58. The minimum Gasteiger partial charge on any atom is -0.457 e. The number of nitrogens with zero attached hydrogens (tertiary/aromatic N) is 3. The molecule has 0 radical (unpaired) electrons. The molecule has 4 N–H and O–H groups in total. The second-order valence-electron chi connectivity index (χ2n) is 8.03. The number of fused-ring (bicyclic) bond motifs is 1. The molecule has 0 aliphatic carbocycles. The Bertz CT molecular complexity index is 1130. The molecule has 0 bridgehead atoms. The molecule has 1 fully saturated rings. The van der Waals surface area contributed by atoms with Gasteiger partial charge in [0.15, 0.2) is 5.13 Å². The molecule has 32 heavy (non-hydrogen) atoms. The summed E-state index contributed by atoms with van der Waals surface area (Å²) in [6.45, 7) is 5.33. The number of carbonyl (C=O) groups excluding carboxylic acids is 2. The number of nitrogens with two attached hydrogens (primary N) is 1. The summed E-state index contributed by atoms with van der Waals surface area (Å²) in [4.78, 5) is 34.1. The Kier molecular flexibility index (Phi) is 6.40. The van der Waals surface area contributed by atoms with E-state index in [1.54, 1.807) is 6.07 Å². The normalized spacial score (nSPS) is 16.2. The fourth-order valence-electron chi connectivity index (χ4n) is 3.57. The fourth-order valence-corrected chi connectivity index (χ4v) is 4.54. The fraction of sp³-hybridized carbons (Fsp3) is 0.364. The van der Waals surface area contributed by atoms with Crippen molar-refractivity contribution in [2.45, 2.75) is 38.8 Å². The topological polar surface area (TPSA) is 122 Å². The van der Waals surface area contributed by atoms with Gasteiger partial charge in [-0.3, -0.25) is 9.78 Å². The average molecular weight is 455 g/mol. The number of aromatic nitrogens is 2. The summed E-state index contributed by atoms with van der Waals surface area (Å²) in [5, 5.41) is 7.25. The van der Waals surface area contributed by atoms with Gasteiger partial charge in [-0.2, -0.15) is 0 Å². The van der Waals surface area contributed by atoms with Gasteiger partial charge in [-0.1, -0.05) is 11.3 Å². The number of thiazole rings is 1. The number of nitrogens with one attached hydrogen (secondary N) is 2. The Balaban J connectivity index is 1.43. The molecule has 0 saturated carbocycles. The number of carbonyl (C=O) groups is 2. The zero-order chi connectivity index (χ0) is 22.7. The van der Waals surface area contributed by atoms with Crippen LogP contribution in [0.3, 0.4) is 0 Å². The molecule has 4 rings (SSSR count). The first-order valence-electron chi connectivity index (χ1n) is 10.5. The Labute approximate surface area is 190 Å². The Hall–Kier alpha value is -3.40. The van der Waals surface area contributed by atoms with E-state index in [1.165, 1.54) is 23.6 Å². The van der Waals surface area contributed by atoms with Crippen LogP contribution < -0.4 is 21.1 Å². The molecule has 1 aromatic carbocycles. The van der Waals surface area contributed by atoms with Crippen molar-refractivity contribution in [2.24, 2.45) is 5.73 Å². The molecule has 3 heterocycles. The lowest BCUT2D eigenvalue weighted by molar-refractivity contribution is 0.0995. The van der Waals surface area contributed by atoms with Crippen LogP contribution in [0, 0.1) is 0 Å². The van der Waals surface area contributed by atoms with Crippen molar-refractivity contribution < 1.29 is 14.3 Å². The lowest BCUT2D eigenvalue weighted by Crippen LogP contribution is -2.50. The van der Waals surface area contributed by atoms with E-state index in [9.17, 15) is 9.59 Å². The number of hydrogen-bond acceptors (Lipinski definition) is 7. The molecule has 168 valence electrons. The number of ether oxygens (including phenoxy) is 1. The number of anilines is 1. The van der Waals surface area contributed by atoms with Crippen LogP contribution in [0.2, 0.25) is 0 Å². The van der Waals surface area contributed by atoms with E-state index in [1.807, 2.05) is 36.9 Å². The summed E-state index contributed by atoms with van der Waals surface area (Å²) in [5.74, 6) is 0.508. The van der Waals surface area contributed by atoms with Gasteiger partial charge in [-0.05, 0) is 44.9 Å². The van der Waals surface area contributed by atoms with E-state index in [4.69, 9.17) is 10.5 Å². The first-order valence-corrected chi connectivity index (χ1v) is 11.4. The molecular weight excluding hydrogens is 428 g/mol. The number of hydrogen-bond donors (Lipinski definition) is 3. The SMILES string of the molecule is CC(C)NC(=O)N1CCCC(Nc2nc3ccc(Oc4ccnc(C(N)=O)c4)cc3s2)C1. The zero-order valence-electron chi connectivity index (χ0n) is 18.0. The van der Waals surface area contributed by atoms with Crippen LogP contribution in [0.5, 0.6) is 11.5 Å². The van der Waals surface area contributed by atoms with Gasteiger partial charge in [0.2, 0.25) is 0 Å². The summed E-state index contributed by atoms with van der Waals surface area (Å²) < 4.78 is 6.84. The maximum absolute atomic E-state index is 12.3. The highest BCUT2D eigenvalue weighted by Gasteiger charge is 2.24. The van der Waals surface area contributed by atoms with Gasteiger partial charge >= 0.3 is 6.03 Å². The maximum atomic E-state index is 12.3. The van der Waals surface area contributed by atoms with Crippen LogP contribution in [0.1, 0.15) is 37.2 Å². The molecule has 9 nitrogen and oxygen atoms in total. The summed E-state index contributed by atoms with van der Waals surface area (Å²) in [5.41, 5.74) is 6.29. The number of likely N-dealkylation sites (tertiary alicyclic amines) is 1. The lowest BCUT2D eigenvalue weighted by Gasteiger charge is -2.33. The number of amides is 3. The number of urea groups is 1. The van der Waals surface area contributed by atoms with E-state index >= 15 is 0 Å². The summed E-state index contributed by atoms with van der Waals surface area (Å²) in [6.07, 6.45) is 3.42. The third-order valence-corrected chi connectivity index (χ3v) is 5.98. The highest BCUT2D eigenvalue weighted by Crippen LogP contribution is 2.32. The largest absolute Gasteiger partial charge is 0.457 e. The molecule has 3 aromatic rings. The molecule has 0 spiro atoms. The molecule has 1 aliphatic heterocycles. The number of piperidine rings is 1. The lowest BCUT2D eigenvalue weighted by atomic mass is 10.1. The van der Waals surface area contributed by atoms with Gasteiger partial charge < -0.3 is 26.0 Å². The highest BCUT2D eigenvalue weighted by atomic mass is 32.1. The van der Waals surface area contributed by atoms with Gasteiger partial charge in [-0.15, -0.1) is 0 Å². The quantitative estimate of drug-likeness (QED) is 0.523. The van der Waals surface area contributed by atoms with Crippen LogP contribution in [-0.4, -0.2) is 52.0 Å². The molecule has 1 unspecified atom stereocenters. The van der Waals surface area contributed by atoms with Crippen molar-refractivity contribution in [2.75, 3.05) is 18.4 Å². The molecule has 10 heteroatoms. The summed E-state index contributed by atoms with van der Waals surface area (Å²) >= 11 is 1.54. The van der Waals surface area contributed by atoms with Crippen molar-refractivity contribution in [3.63, 3.8) is 0 Å². The smallest absolute Gasteiger partial charge is 0.317 e. The first-order chi connectivity index (χ1) is 15.4. The van der Waals surface area contributed by atoms with Crippen LogP contribution in [0.15, 0.2) is 36.5 Å². The van der Waals surface area contributed by atoms with Crippen LogP contribution >= 0.6 is 11.3 Å². The Morgan fingerprint density at radius 1 is 1.25 bits per heavy atom. The van der Waals surface area contributed by atoms with Crippen molar-refractivity contribution in [1.29, 1.82) is 0 Å². The standard InChI is InChI=1S/C22H26N6O3S/c1-13(2)25-22(30)28-9-3-4-14(12-28)26-21-27-17-6-5-15(11-19(17)32-21)31-16-7-8-24-18(10-16)20(23)29/h5-8,10-11,13-14H,3-4,9,12H2,1-2H3,(H2,23,29)(H,25,30)(H,26,27). The van der Waals surface area contributed by atoms with E-state index in [-0.39, 0.29) is 23.8 Å². The zero-order valence-corrected chi connectivity index (χ0v) is 18.8. The van der Waals surface area contributed by atoms with Gasteiger partial charge in [0.1, 0.15) is 17.2 Å². The predicted molar refractivity (Wildman–Crippen MR) is 124 cm³/mol. The molecule has 2 aromatic heterocycles. The van der Waals surface area contributed by atoms with E-state index < -0.39 is 5.91 Å². The van der Waals surface area contributed by atoms with E-state index in [0.29, 0.717) is 18.0 Å². The summed E-state index contributed by atoms with van der Waals surface area (Å²) in [7, 11) is 0.